The van der Waals surface area contributed by atoms with Gasteiger partial charge in [0.05, 0.1) is 0 Å². The van der Waals surface area contributed by atoms with Gasteiger partial charge in [0, 0.05) is 12.0 Å². The van der Waals surface area contributed by atoms with Gasteiger partial charge in [-0.3, -0.25) is 4.79 Å². The van der Waals surface area contributed by atoms with Crippen LogP contribution in [-0.2, 0) is 16.6 Å². The van der Waals surface area contributed by atoms with Crippen molar-refractivity contribution in [2.24, 2.45) is 17.1 Å². The highest BCUT2D eigenvalue weighted by atomic mass is 35.5. The Labute approximate surface area is 272 Å². The molecule has 0 spiro atoms. The van der Waals surface area contributed by atoms with Crippen LogP contribution in [0, 0.1) is 11.3 Å². The van der Waals surface area contributed by atoms with Crippen molar-refractivity contribution in [3.63, 3.8) is 0 Å². The van der Waals surface area contributed by atoms with E-state index >= 15 is 0 Å². The SMILES string of the molecule is CC(C)c1ccc2c(c1)CCC1C(C)(C(N)=O)CCCC21C.CN(C)CCC=C1c2ccccc2C=Cc2ccccc21.Cl. The maximum absolute atomic E-state index is 12.2. The summed E-state index contributed by atoms with van der Waals surface area (Å²) in [5, 5.41) is 0. The molecule has 44 heavy (non-hydrogen) atoms. The van der Waals surface area contributed by atoms with Gasteiger partial charge in [-0.2, -0.15) is 0 Å². The largest absolute Gasteiger partial charge is 0.369 e. The lowest BCUT2D eigenvalue weighted by atomic mass is 9.49. The average Bonchev–Trinajstić information content (AvgIpc) is 3.14. The predicted octanol–water partition coefficient (Wildman–Crippen LogP) is 9.28. The zero-order valence-corrected chi connectivity index (χ0v) is 28.3. The summed E-state index contributed by atoms with van der Waals surface area (Å²) in [7, 11) is 4.24. The first kappa shape index (κ1) is 33.7. The van der Waals surface area contributed by atoms with Gasteiger partial charge in [-0.05, 0) is 108 Å². The Bertz CT molecular complexity index is 1480. The average molecular weight is 611 g/mol. The maximum atomic E-state index is 12.2. The van der Waals surface area contributed by atoms with E-state index in [9.17, 15) is 4.79 Å². The van der Waals surface area contributed by atoms with Gasteiger partial charge in [0.25, 0.3) is 0 Å². The molecule has 1 saturated carbocycles. The van der Waals surface area contributed by atoms with Crippen LogP contribution in [0.5, 0.6) is 0 Å². The van der Waals surface area contributed by atoms with Crippen molar-refractivity contribution in [1.29, 1.82) is 0 Å². The zero-order valence-electron chi connectivity index (χ0n) is 27.5. The van der Waals surface area contributed by atoms with E-state index < -0.39 is 0 Å². The highest BCUT2D eigenvalue weighted by molar-refractivity contribution is 5.93. The highest BCUT2D eigenvalue weighted by Crippen LogP contribution is 2.57. The highest BCUT2D eigenvalue weighted by Gasteiger charge is 2.54. The summed E-state index contributed by atoms with van der Waals surface area (Å²) < 4.78 is 0. The number of carbonyl (C=O) groups is 1. The maximum Gasteiger partial charge on any atom is 0.223 e. The van der Waals surface area contributed by atoms with Crippen LogP contribution < -0.4 is 5.73 Å². The molecule has 0 aromatic heterocycles. The first-order valence-electron chi connectivity index (χ1n) is 16.2. The molecule has 0 saturated heterocycles. The molecule has 1 amide bonds. The molecule has 2 N–H and O–H groups in total. The molecule has 3 aliphatic rings. The molecule has 4 heteroatoms. The quantitative estimate of drug-likeness (QED) is 0.245. The second-order valence-electron chi connectivity index (χ2n) is 13.9. The molecule has 3 atom stereocenters. The normalized spacial score (nSPS) is 23.2. The third-order valence-corrected chi connectivity index (χ3v) is 10.5. The number of amides is 1. The fourth-order valence-electron chi connectivity index (χ4n) is 7.95. The van der Waals surface area contributed by atoms with Crippen LogP contribution in [0.15, 0.2) is 72.8 Å². The summed E-state index contributed by atoms with van der Waals surface area (Å²) >= 11 is 0. The zero-order chi connectivity index (χ0) is 30.8. The predicted molar refractivity (Wildman–Crippen MR) is 190 cm³/mol. The molecule has 0 bridgehead atoms. The van der Waals surface area contributed by atoms with Crippen LogP contribution in [0.3, 0.4) is 0 Å². The Hall–Kier alpha value is -3.14. The van der Waals surface area contributed by atoms with Crippen molar-refractivity contribution in [2.45, 2.75) is 77.6 Å². The van der Waals surface area contributed by atoms with Gasteiger partial charge < -0.3 is 10.6 Å². The molecule has 3 aliphatic carbocycles. The third-order valence-electron chi connectivity index (χ3n) is 10.5. The molecule has 0 aliphatic heterocycles. The number of hydrogen-bond donors (Lipinski definition) is 1. The van der Waals surface area contributed by atoms with Crippen LogP contribution >= 0.6 is 12.4 Å². The van der Waals surface area contributed by atoms with E-state index in [2.05, 4.69) is 132 Å². The lowest BCUT2D eigenvalue weighted by molar-refractivity contribution is -0.135. The summed E-state index contributed by atoms with van der Waals surface area (Å²) in [5.74, 6) is 0.840. The Morgan fingerprint density at radius 1 is 0.955 bits per heavy atom. The van der Waals surface area contributed by atoms with Gasteiger partial charge >= 0.3 is 0 Å². The topological polar surface area (TPSA) is 46.3 Å². The van der Waals surface area contributed by atoms with Crippen molar-refractivity contribution in [3.8, 4) is 0 Å². The number of fused-ring (bicyclic) bond motifs is 5. The molecule has 3 aromatic carbocycles. The van der Waals surface area contributed by atoms with Crippen molar-refractivity contribution in [3.05, 3.63) is 112 Å². The number of hydrogen-bond acceptors (Lipinski definition) is 2. The first-order valence-corrected chi connectivity index (χ1v) is 16.2. The molecule has 3 unspecified atom stereocenters. The van der Waals surface area contributed by atoms with Crippen molar-refractivity contribution < 1.29 is 4.79 Å². The molecule has 6 rings (SSSR count). The third kappa shape index (κ3) is 6.60. The number of nitrogens with zero attached hydrogens (tertiary/aromatic N) is 1. The Kier molecular flexibility index (Phi) is 10.6. The Morgan fingerprint density at radius 2 is 1.57 bits per heavy atom. The minimum Gasteiger partial charge on any atom is -0.369 e. The van der Waals surface area contributed by atoms with Gasteiger partial charge in [-0.25, -0.2) is 0 Å². The van der Waals surface area contributed by atoms with Crippen LogP contribution in [0.2, 0.25) is 0 Å². The van der Waals surface area contributed by atoms with E-state index in [0.29, 0.717) is 11.8 Å². The van der Waals surface area contributed by atoms with Crippen molar-refractivity contribution in [1.82, 2.24) is 4.90 Å². The first-order chi connectivity index (χ1) is 20.5. The lowest BCUT2D eigenvalue weighted by Crippen LogP contribution is -2.54. The summed E-state index contributed by atoms with van der Waals surface area (Å²) in [6.45, 7) is 10.0. The summed E-state index contributed by atoms with van der Waals surface area (Å²) in [4.78, 5) is 14.4. The Morgan fingerprint density at radius 3 is 2.14 bits per heavy atom. The number of benzene rings is 3. The van der Waals surface area contributed by atoms with Gasteiger partial charge in [-0.1, -0.05) is 119 Å². The van der Waals surface area contributed by atoms with Gasteiger partial charge in [0.2, 0.25) is 5.91 Å². The molecule has 234 valence electrons. The van der Waals surface area contributed by atoms with Gasteiger partial charge in [0.15, 0.2) is 0 Å². The smallest absolute Gasteiger partial charge is 0.223 e. The minimum absolute atomic E-state index is 0. The molecular weight excluding hydrogens is 560 g/mol. The second-order valence-corrected chi connectivity index (χ2v) is 13.9. The van der Waals surface area contributed by atoms with E-state index in [4.69, 9.17) is 5.73 Å². The number of carbonyl (C=O) groups excluding carboxylic acids is 1. The number of halogens is 1. The molecule has 1 fully saturated rings. The standard InChI is InChI=1S/C20H29NO.C20H21N.ClH/c1-13(2)14-6-8-16-15(12-14)7-9-17-19(16,3)10-5-11-20(17,4)18(21)22;1-21(2)15-7-12-20-18-10-5-3-8-16(18)13-14-17-9-4-6-11-19(17)20;/h6,8,12-13,17H,5,7,9-11H2,1-4H3,(H2,21,22);3-6,8-14H,7,15H2,1-2H3;1H. The van der Waals surface area contributed by atoms with Crippen LogP contribution in [0.25, 0.3) is 17.7 Å². The molecule has 3 nitrogen and oxygen atoms in total. The number of primary amides is 1. The van der Waals surface area contributed by atoms with Gasteiger partial charge in [0.1, 0.15) is 0 Å². The summed E-state index contributed by atoms with van der Waals surface area (Å²) in [6.07, 6.45) is 13.3. The fraction of sp³-hybridized carbons (Fsp3) is 0.425. The van der Waals surface area contributed by atoms with E-state index in [1.165, 1.54) is 50.9 Å². The van der Waals surface area contributed by atoms with E-state index in [-0.39, 0.29) is 29.1 Å². The van der Waals surface area contributed by atoms with Crippen LogP contribution in [0.4, 0.5) is 0 Å². The van der Waals surface area contributed by atoms with Crippen LogP contribution in [0.1, 0.15) is 105 Å². The molecule has 0 radical (unpaired) electrons. The monoisotopic (exact) mass is 610 g/mol. The van der Waals surface area contributed by atoms with E-state index in [1.54, 1.807) is 0 Å². The second kappa shape index (κ2) is 13.9. The lowest BCUT2D eigenvalue weighted by Gasteiger charge is -2.54. The Balaban J connectivity index is 0.000000197. The van der Waals surface area contributed by atoms with Crippen molar-refractivity contribution in [2.75, 3.05) is 20.6 Å². The molecule has 0 heterocycles. The fourth-order valence-corrected chi connectivity index (χ4v) is 7.95. The minimum atomic E-state index is -0.346. The number of aryl methyl sites for hydroxylation is 1. The van der Waals surface area contributed by atoms with E-state index in [1.807, 2.05) is 0 Å². The molecular formula is C40H51ClN2O. The number of rotatable bonds is 5. The molecule has 3 aromatic rings. The van der Waals surface area contributed by atoms with Crippen LogP contribution in [-0.4, -0.2) is 31.4 Å². The summed E-state index contributed by atoms with van der Waals surface area (Å²) in [6, 6.07) is 24.3. The summed E-state index contributed by atoms with van der Waals surface area (Å²) in [5.41, 5.74) is 16.6. The number of nitrogens with two attached hydrogens (primary N) is 1. The van der Waals surface area contributed by atoms with Gasteiger partial charge in [-0.15, -0.1) is 12.4 Å². The van der Waals surface area contributed by atoms with Crippen molar-refractivity contribution >= 4 is 36.0 Å². The van der Waals surface area contributed by atoms with E-state index in [0.717, 1.165) is 38.6 Å².